The lowest BCUT2D eigenvalue weighted by Gasteiger charge is -1.99. The van der Waals surface area contributed by atoms with Crippen LogP contribution in [0.1, 0.15) is 18.5 Å². The SMILES string of the molecule is CC1NSc2ccccc21. The first kappa shape index (κ1) is 6.25. The predicted octanol–water partition coefficient (Wildman–Crippen LogP) is 2.36. The molecule has 0 amide bonds. The van der Waals surface area contributed by atoms with Crippen molar-refractivity contribution in [3.63, 3.8) is 0 Å². The smallest absolute Gasteiger partial charge is 0.0408 e. The van der Waals surface area contributed by atoms with Crippen molar-refractivity contribution in [1.82, 2.24) is 4.72 Å². The Morgan fingerprint density at radius 3 is 3.00 bits per heavy atom. The fourth-order valence-corrected chi connectivity index (χ4v) is 2.09. The Bertz CT molecular complexity index is 247. The van der Waals surface area contributed by atoms with E-state index in [0.717, 1.165) is 0 Å². The lowest BCUT2D eigenvalue weighted by atomic mass is 10.1. The second-order valence-electron chi connectivity index (χ2n) is 2.48. The molecule has 1 aromatic rings. The average Bonchev–Trinajstić information content (AvgIpc) is 2.34. The largest absolute Gasteiger partial charge is 0.253 e. The van der Waals surface area contributed by atoms with Gasteiger partial charge in [-0.25, -0.2) is 0 Å². The molecular weight excluding hydrogens is 142 g/mol. The summed E-state index contributed by atoms with van der Waals surface area (Å²) in [4.78, 5) is 1.37. The molecule has 1 atom stereocenters. The molecule has 1 unspecified atom stereocenters. The van der Waals surface area contributed by atoms with Crippen molar-refractivity contribution in [2.24, 2.45) is 0 Å². The number of nitrogens with one attached hydrogen (secondary N) is 1. The summed E-state index contributed by atoms with van der Waals surface area (Å²) < 4.78 is 3.30. The minimum Gasteiger partial charge on any atom is -0.253 e. The van der Waals surface area contributed by atoms with Crippen LogP contribution in [0.2, 0.25) is 0 Å². The first-order valence-corrected chi connectivity index (χ1v) is 4.21. The van der Waals surface area contributed by atoms with E-state index in [1.54, 1.807) is 11.9 Å². The first-order chi connectivity index (χ1) is 4.88. The Hall–Kier alpha value is -0.470. The van der Waals surface area contributed by atoms with Gasteiger partial charge in [-0.15, -0.1) is 0 Å². The Labute approximate surface area is 65.0 Å². The zero-order valence-electron chi connectivity index (χ0n) is 5.79. The molecular formula is C8H9NS. The highest BCUT2D eigenvalue weighted by Crippen LogP contribution is 2.33. The van der Waals surface area contributed by atoms with Crippen LogP contribution in [-0.2, 0) is 0 Å². The Kier molecular flexibility index (Phi) is 1.43. The van der Waals surface area contributed by atoms with Gasteiger partial charge >= 0.3 is 0 Å². The van der Waals surface area contributed by atoms with Crippen LogP contribution < -0.4 is 4.72 Å². The summed E-state index contributed by atoms with van der Waals surface area (Å²) in [5, 5.41) is 0. The summed E-state index contributed by atoms with van der Waals surface area (Å²) in [5.41, 5.74) is 1.42. The van der Waals surface area contributed by atoms with E-state index >= 15 is 0 Å². The molecule has 1 aliphatic heterocycles. The molecule has 0 aromatic heterocycles. The molecule has 0 aliphatic carbocycles. The van der Waals surface area contributed by atoms with Crippen molar-refractivity contribution in [2.75, 3.05) is 0 Å². The van der Waals surface area contributed by atoms with Gasteiger partial charge in [-0.05, 0) is 30.5 Å². The maximum atomic E-state index is 3.30. The van der Waals surface area contributed by atoms with Crippen LogP contribution in [0.5, 0.6) is 0 Å². The number of benzene rings is 1. The number of hydrogen-bond donors (Lipinski definition) is 1. The summed E-state index contributed by atoms with van der Waals surface area (Å²) in [6.45, 7) is 2.18. The highest BCUT2D eigenvalue weighted by molar-refractivity contribution is 7.97. The Morgan fingerprint density at radius 1 is 1.40 bits per heavy atom. The third-order valence-electron chi connectivity index (χ3n) is 1.73. The predicted molar refractivity (Wildman–Crippen MR) is 43.8 cm³/mol. The van der Waals surface area contributed by atoms with Crippen molar-refractivity contribution in [1.29, 1.82) is 0 Å². The van der Waals surface area contributed by atoms with Gasteiger partial charge in [-0.1, -0.05) is 18.2 Å². The summed E-state index contributed by atoms with van der Waals surface area (Å²) in [5.74, 6) is 0. The van der Waals surface area contributed by atoms with E-state index < -0.39 is 0 Å². The standard InChI is InChI=1S/C8H9NS/c1-6-7-4-2-3-5-8(7)10-9-6/h2-6,9H,1H3. The van der Waals surface area contributed by atoms with Gasteiger partial charge in [-0.3, -0.25) is 4.72 Å². The van der Waals surface area contributed by atoms with Gasteiger partial charge in [0, 0.05) is 10.9 Å². The van der Waals surface area contributed by atoms with Crippen molar-refractivity contribution in [3.05, 3.63) is 29.8 Å². The van der Waals surface area contributed by atoms with Gasteiger partial charge in [0.05, 0.1) is 0 Å². The number of fused-ring (bicyclic) bond motifs is 1. The minimum atomic E-state index is 0.515. The molecule has 0 spiro atoms. The van der Waals surface area contributed by atoms with Gasteiger partial charge in [0.15, 0.2) is 0 Å². The average molecular weight is 151 g/mol. The maximum absolute atomic E-state index is 3.30. The Morgan fingerprint density at radius 2 is 2.20 bits per heavy atom. The normalized spacial score (nSPS) is 22.7. The molecule has 0 bridgehead atoms. The van der Waals surface area contributed by atoms with Crippen LogP contribution in [0.25, 0.3) is 0 Å². The summed E-state index contributed by atoms with van der Waals surface area (Å²) >= 11 is 1.73. The van der Waals surface area contributed by atoms with Crippen molar-refractivity contribution < 1.29 is 0 Å². The molecule has 2 heteroatoms. The van der Waals surface area contributed by atoms with Gasteiger partial charge in [0.2, 0.25) is 0 Å². The molecule has 0 fully saturated rings. The van der Waals surface area contributed by atoms with Crippen molar-refractivity contribution in [2.45, 2.75) is 17.9 Å². The topological polar surface area (TPSA) is 12.0 Å². The summed E-state index contributed by atoms with van der Waals surface area (Å²) in [7, 11) is 0. The van der Waals surface area contributed by atoms with Crippen LogP contribution in [0.3, 0.4) is 0 Å². The molecule has 0 saturated heterocycles. The first-order valence-electron chi connectivity index (χ1n) is 3.39. The second-order valence-corrected chi connectivity index (χ2v) is 3.36. The van der Waals surface area contributed by atoms with Gasteiger partial charge in [0.25, 0.3) is 0 Å². The van der Waals surface area contributed by atoms with Crippen molar-refractivity contribution in [3.8, 4) is 0 Å². The molecule has 1 aromatic carbocycles. The van der Waals surface area contributed by atoms with E-state index in [1.165, 1.54) is 10.5 Å². The van der Waals surface area contributed by atoms with E-state index in [-0.39, 0.29) is 0 Å². The van der Waals surface area contributed by atoms with Crippen LogP contribution in [0.4, 0.5) is 0 Å². The fourth-order valence-electron chi connectivity index (χ4n) is 1.15. The van der Waals surface area contributed by atoms with E-state index in [1.807, 2.05) is 0 Å². The molecule has 0 saturated carbocycles. The van der Waals surface area contributed by atoms with Gasteiger partial charge in [0.1, 0.15) is 0 Å². The zero-order valence-corrected chi connectivity index (χ0v) is 6.61. The zero-order chi connectivity index (χ0) is 6.97. The molecule has 1 N–H and O–H groups in total. The summed E-state index contributed by atoms with van der Waals surface area (Å²) in [6, 6.07) is 9.00. The van der Waals surface area contributed by atoms with Crippen LogP contribution in [0.15, 0.2) is 29.2 Å². The fraction of sp³-hybridized carbons (Fsp3) is 0.250. The van der Waals surface area contributed by atoms with Gasteiger partial charge < -0.3 is 0 Å². The third-order valence-corrected chi connectivity index (χ3v) is 2.79. The van der Waals surface area contributed by atoms with Crippen molar-refractivity contribution >= 4 is 11.9 Å². The lowest BCUT2D eigenvalue weighted by Crippen LogP contribution is -2.00. The quantitative estimate of drug-likeness (QED) is 0.571. The molecule has 2 rings (SSSR count). The molecule has 52 valence electrons. The number of rotatable bonds is 0. The maximum Gasteiger partial charge on any atom is 0.0408 e. The number of hydrogen-bond acceptors (Lipinski definition) is 2. The highest BCUT2D eigenvalue weighted by Gasteiger charge is 2.16. The van der Waals surface area contributed by atoms with E-state index in [0.29, 0.717) is 6.04 Å². The molecule has 1 nitrogen and oxygen atoms in total. The monoisotopic (exact) mass is 151 g/mol. The summed E-state index contributed by atoms with van der Waals surface area (Å²) in [6.07, 6.45) is 0. The minimum absolute atomic E-state index is 0.515. The highest BCUT2D eigenvalue weighted by atomic mass is 32.2. The molecule has 10 heavy (non-hydrogen) atoms. The van der Waals surface area contributed by atoms with Crippen LogP contribution in [-0.4, -0.2) is 0 Å². The lowest BCUT2D eigenvalue weighted by molar-refractivity contribution is 0.766. The van der Waals surface area contributed by atoms with Gasteiger partial charge in [-0.2, -0.15) is 0 Å². The molecule has 1 aliphatic rings. The molecule has 1 heterocycles. The second kappa shape index (κ2) is 2.29. The van der Waals surface area contributed by atoms with E-state index in [2.05, 4.69) is 35.9 Å². The van der Waals surface area contributed by atoms with E-state index in [9.17, 15) is 0 Å². The van der Waals surface area contributed by atoms with E-state index in [4.69, 9.17) is 0 Å². The van der Waals surface area contributed by atoms with Crippen LogP contribution >= 0.6 is 11.9 Å². The third kappa shape index (κ3) is 0.842. The van der Waals surface area contributed by atoms with Crippen LogP contribution in [0, 0.1) is 0 Å². The molecule has 0 radical (unpaired) electrons. The Balaban J connectivity index is 2.51.